The van der Waals surface area contributed by atoms with Crippen LogP contribution in [0.1, 0.15) is 30.0 Å². The van der Waals surface area contributed by atoms with E-state index in [1.165, 1.54) is 11.8 Å². The number of nitrogens with one attached hydrogen (secondary N) is 1. The van der Waals surface area contributed by atoms with Gasteiger partial charge in [-0.05, 0) is 56.2 Å². The number of halogens is 3. The van der Waals surface area contributed by atoms with E-state index in [4.69, 9.17) is 39.5 Å². The zero-order valence-electron chi connectivity index (χ0n) is 18.4. The van der Waals surface area contributed by atoms with Gasteiger partial charge in [0.2, 0.25) is 5.91 Å². The van der Waals surface area contributed by atoms with Gasteiger partial charge in [-0.3, -0.25) is 9.36 Å². The van der Waals surface area contributed by atoms with E-state index >= 15 is 0 Å². The molecule has 1 amide bonds. The lowest BCUT2D eigenvalue weighted by Gasteiger charge is -2.17. The van der Waals surface area contributed by atoms with Crippen molar-refractivity contribution >= 4 is 58.2 Å². The number of aromatic nitrogens is 3. The molecule has 0 spiro atoms. The largest absolute Gasteiger partial charge is 0.483 e. The Hall–Kier alpha value is -2.19. The number of allylic oxidation sites excluding steroid dienone is 1. The molecule has 0 radical (unpaired) electrons. The minimum absolute atomic E-state index is 0.0988. The number of anilines is 1. The quantitative estimate of drug-likeness (QED) is 0.243. The molecule has 0 saturated heterocycles. The average molecular weight is 526 g/mol. The van der Waals surface area contributed by atoms with Gasteiger partial charge in [0.1, 0.15) is 5.75 Å². The van der Waals surface area contributed by atoms with Gasteiger partial charge in [-0.1, -0.05) is 58.7 Å². The highest BCUT2D eigenvalue weighted by Crippen LogP contribution is 2.31. The van der Waals surface area contributed by atoms with Crippen molar-refractivity contribution in [2.45, 2.75) is 38.6 Å². The molecule has 1 N–H and O–H groups in total. The standard InChI is InChI=1S/C23H23Cl3N4O2S/c1-5-9-30-22(15(4)32-16-10-13(2)20(26)14(3)11-16)28-29-23(30)33-12-19(31)27-21-17(24)7-6-8-18(21)25/h5-8,10-11,15H,1,9,12H2,2-4H3,(H,27,31). The summed E-state index contributed by atoms with van der Waals surface area (Å²) in [6, 6.07) is 8.81. The molecular weight excluding hydrogens is 503 g/mol. The van der Waals surface area contributed by atoms with Gasteiger partial charge in [-0.25, -0.2) is 0 Å². The third-order valence-electron chi connectivity index (χ3n) is 4.70. The van der Waals surface area contributed by atoms with Gasteiger partial charge in [0.15, 0.2) is 17.1 Å². The summed E-state index contributed by atoms with van der Waals surface area (Å²) in [6.07, 6.45) is 1.35. The van der Waals surface area contributed by atoms with E-state index in [1.54, 1.807) is 24.3 Å². The number of carbonyl (C=O) groups is 1. The fourth-order valence-electron chi connectivity index (χ4n) is 3.16. The van der Waals surface area contributed by atoms with Crippen molar-refractivity contribution in [2.24, 2.45) is 0 Å². The summed E-state index contributed by atoms with van der Waals surface area (Å²) in [4.78, 5) is 12.5. The summed E-state index contributed by atoms with van der Waals surface area (Å²) in [7, 11) is 0. The molecule has 0 bridgehead atoms. The molecule has 0 aliphatic rings. The molecule has 33 heavy (non-hydrogen) atoms. The lowest BCUT2D eigenvalue weighted by molar-refractivity contribution is -0.113. The fourth-order valence-corrected chi connectivity index (χ4v) is 4.52. The first kappa shape index (κ1) is 25.4. The molecule has 0 aliphatic carbocycles. The number of benzene rings is 2. The van der Waals surface area contributed by atoms with E-state index in [0.29, 0.717) is 39.0 Å². The van der Waals surface area contributed by atoms with E-state index in [9.17, 15) is 4.79 Å². The summed E-state index contributed by atoms with van der Waals surface area (Å²) in [5.74, 6) is 1.15. The first-order chi connectivity index (χ1) is 15.7. The van der Waals surface area contributed by atoms with Gasteiger partial charge in [-0.2, -0.15) is 0 Å². The van der Waals surface area contributed by atoms with Gasteiger partial charge in [-0.15, -0.1) is 16.8 Å². The van der Waals surface area contributed by atoms with Crippen LogP contribution in [0, 0.1) is 13.8 Å². The summed E-state index contributed by atoms with van der Waals surface area (Å²) < 4.78 is 7.98. The Bertz CT molecular complexity index is 1140. The smallest absolute Gasteiger partial charge is 0.234 e. The molecule has 2 aromatic carbocycles. The zero-order valence-corrected chi connectivity index (χ0v) is 21.4. The molecule has 174 valence electrons. The van der Waals surface area contributed by atoms with E-state index < -0.39 is 0 Å². The number of ether oxygens (including phenoxy) is 1. The highest BCUT2D eigenvalue weighted by Gasteiger charge is 2.20. The Labute approximate surface area is 212 Å². The molecule has 0 saturated carbocycles. The predicted octanol–water partition coefficient (Wildman–Crippen LogP) is 6.91. The normalized spacial score (nSPS) is 11.8. The molecule has 1 heterocycles. The second kappa shape index (κ2) is 11.3. The number of aryl methyl sites for hydroxylation is 2. The molecule has 0 aliphatic heterocycles. The molecule has 3 rings (SSSR count). The molecule has 10 heteroatoms. The van der Waals surface area contributed by atoms with Crippen LogP contribution in [0.25, 0.3) is 0 Å². The second-order valence-electron chi connectivity index (χ2n) is 7.30. The molecule has 1 unspecified atom stereocenters. The molecule has 6 nitrogen and oxygen atoms in total. The third kappa shape index (κ3) is 6.23. The van der Waals surface area contributed by atoms with Crippen LogP contribution in [0.4, 0.5) is 5.69 Å². The summed E-state index contributed by atoms with van der Waals surface area (Å²) >= 11 is 19.8. The zero-order chi connectivity index (χ0) is 24.1. The number of amides is 1. The van der Waals surface area contributed by atoms with Gasteiger partial charge in [0.25, 0.3) is 0 Å². The number of para-hydroxylation sites is 1. The molecule has 1 atom stereocenters. The summed E-state index contributed by atoms with van der Waals surface area (Å²) in [6.45, 7) is 10.0. The van der Waals surface area contributed by atoms with Crippen LogP contribution in [0.15, 0.2) is 48.1 Å². The fraction of sp³-hybridized carbons (Fsp3) is 0.261. The van der Waals surface area contributed by atoms with Crippen molar-refractivity contribution in [3.63, 3.8) is 0 Å². The Balaban J connectivity index is 1.72. The number of hydrogen-bond donors (Lipinski definition) is 1. The number of thioether (sulfide) groups is 1. The summed E-state index contributed by atoms with van der Waals surface area (Å²) in [5, 5.41) is 13.3. The lowest BCUT2D eigenvalue weighted by Crippen LogP contribution is -2.16. The maximum absolute atomic E-state index is 12.5. The van der Waals surface area contributed by atoms with Gasteiger partial charge < -0.3 is 10.1 Å². The topological polar surface area (TPSA) is 69.0 Å². The van der Waals surface area contributed by atoms with Gasteiger partial charge in [0.05, 0.1) is 21.5 Å². The molecule has 3 aromatic rings. The van der Waals surface area contributed by atoms with Crippen molar-refractivity contribution in [1.29, 1.82) is 0 Å². The Morgan fingerprint density at radius 1 is 1.21 bits per heavy atom. The van der Waals surface area contributed by atoms with Crippen molar-refractivity contribution in [3.8, 4) is 5.75 Å². The monoisotopic (exact) mass is 524 g/mol. The Morgan fingerprint density at radius 2 is 1.85 bits per heavy atom. The van der Waals surface area contributed by atoms with Crippen LogP contribution in [0.5, 0.6) is 5.75 Å². The highest BCUT2D eigenvalue weighted by molar-refractivity contribution is 7.99. The highest BCUT2D eigenvalue weighted by atomic mass is 35.5. The Morgan fingerprint density at radius 3 is 2.45 bits per heavy atom. The third-order valence-corrected chi connectivity index (χ3v) is 6.90. The van der Waals surface area contributed by atoms with Gasteiger partial charge in [0, 0.05) is 11.6 Å². The Kier molecular flexibility index (Phi) is 8.70. The lowest BCUT2D eigenvalue weighted by atomic mass is 10.1. The van der Waals surface area contributed by atoms with Crippen LogP contribution in [-0.2, 0) is 11.3 Å². The first-order valence-corrected chi connectivity index (χ1v) is 12.2. The van der Waals surface area contributed by atoms with Crippen molar-refractivity contribution in [3.05, 3.63) is 75.0 Å². The SMILES string of the molecule is C=CCn1c(SCC(=O)Nc2c(Cl)cccc2Cl)nnc1C(C)Oc1cc(C)c(Cl)c(C)c1. The minimum atomic E-state index is -0.387. The number of nitrogens with zero attached hydrogens (tertiary/aromatic N) is 3. The number of hydrogen-bond acceptors (Lipinski definition) is 5. The molecular formula is C23H23Cl3N4O2S. The van der Waals surface area contributed by atoms with Crippen LogP contribution in [-0.4, -0.2) is 26.4 Å². The predicted molar refractivity (Wildman–Crippen MR) is 136 cm³/mol. The second-order valence-corrected chi connectivity index (χ2v) is 9.44. The van der Waals surface area contributed by atoms with Crippen molar-refractivity contribution in [2.75, 3.05) is 11.1 Å². The number of carbonyl (C=O) groups excluding carboxylic acids is 1. The molecule has 1 aromatic heterocycles. The number of rotatable bonds is 9. The van der Waals surface area contributed by atoms with Crippen molar-refractivity contribution < 1.29 is 9.53 Å². The maximum atomic E-state index is 12.5. The van der Waals surface area contributed by atoms with Crippen LogP contribution < -0.4 is 10.1 Å². The summed E-state index contributed by atoms with van der Waals surface area (Å²) in [5.41, 5.74) is 2.26. The first-order valence-electron chi connectivity index (χ1n) is 10.0. The van der Waals surface area contributed by atoms with E-state index in [-0.39, 0.29) is 17.8 Å². The average Bonchev–Trinajstić information content (AvgIpc) is 3.16. The van der Waals surface area contributed by atoms with E-state index in [0.717, 1.165) is 16.1 Å². The molecule has 0 fully saturated rings. The van der Waals surface area contributed by atoms with Crippen molar-refractivity contribution in [1.82, 2.24) is 14.8 Å². The van der Waals surface area contributed by atoms with E-state index in [1.807, 2.05) is 37.5 Å². The van der Waals surface area contributed by atoms with Crippen LogP contribution >= 0.6 is 46.6 Å². The van der Waals surface area contributed by atoms with Crippen LogP contribution in [0.3, 0.4) is 0 Å². The van der Waals surface area contributed by atoms with Crippen LogP contribution in [0.2, 0.25) is 15.1 Å². The van der Waals surface area contributed by atoms with E-state index in [2.05, 4.69) is 22.1 Å². The maximum Gasteiger partial charge on any atom is 0.234 e. The minimum Gasteiger partial charge on any atom is -0.483 e. The van der Waals surface area contributed by atoms with Gasteiger partial charge >= 0.3 is 0 Å².